The van der Waals surface area contributed by atoms with E-state index in [0.29, 0.717) is 23.5 Å². The third-order valence-electron chi connectivity index (χ3n) is 3.88. The van der Waals surface area contributed by atoms with Crippen LogP contribution in [-0.2, 0) is 9.53 Å². The van der Waals surface area contributed by atoms with Crippen LogP contribution in [0.3, 0.4) is 0 Å². The van der Waals surface area contributed by atoms with E-state index in [2.05, 4.69) is 5.32 Å². The smallest absolute Gasteiger partial charge is 0.325 e. The van der Waals surface area contributed by atoms with E-state index >= 15 is 0 Å². The maximum Gasteiger partial charge on any atom is 0.325 e. The number of aryl methyl sites for hydroxylation is 2. The fourth-order valence-corrected chi connectivity index (χ4v) is 2.43. The van der Waals surface area contributed by atoms with Gasteiger partial charge in [-0.25, -0.2) is 0 Å². The lowest BCUT2D eigenvalue weighted by Gasteiger charge is -2.09. The number of carbonyl (C=O) groups is 3. The predicted molar refractivity (Wildman–Crippen MR) is 101 cm³/mol. The minimum Gasteiger partial charge on any atom is -0.494 e. The zero-order valence-corrected chi connectivity index (χ0v) is 15.7. The van der Waals surface area contributed by atoms with Gasteiger partial charge in [0.25, 0.3) is 5.91 Å². The van der Waals surface area contributed by atoms with Crippen molar-refractivity contribution in [3.63, 3.8) is 0 Å². The molecular formula is C21H23NO5. The van der Waals surface area contributed by atoms with Crippen molar-refractivity contribution in [1.29, 1.82) is 0 Å². The molecule has 142 valence electrons. The van der Waals surface area contributed by atoms with Crippen molar-refractivity contribution in [2.45, 2.75) is 20.8 Å². The second-order valence-corrected chi connectivity index (χ2v) is 6.04. The molecule has 0 heterocycles. The molecule has 0 aliphatic heterocycles. The van der Waals surface area contributed by atoms with Crippen molar-refractivity contribution < 1.29 is 23.9 Å². The van der Waals surface area contributed by atoms with Gasteiger partial charge in [-0.05, 0) is 56.7 Å². The summed E-state index contributed by atoms with van der Waals surface area (Å²) in [5, 5.41) is 2.47. The van der Waals surface area contributed by atoms with Crippen molar-refractivity contribution >= 4 is 17.7 Å². The highest BCUT2D eigenvalue weighted by Crippen LogP contribution is 2.12. The summed E-state index contributed by atoms with van der Waals surface area (Å²) >= 11 is 0. The van der Waals surface area contributed by atoms with E-state index in [9.17, 15) is 14.4 Å². The first-order valence-corrected chi connectivity index (χ1v) is 8.68. The number of carbonyl (C=O) groups excluding carboxylic acids is 3. The molecule has 0 spiro atoms. The molecule has 0 unspecified atom stereocenters. The number of Topliss-reactive ketones (excluding diaryl/α,β-unsaturated/α-hetero) is 1. The van der Waals surface area contributed by atoms with E-state index in [1.54, 1.807) is 30.3 Å². The Kier molecular flexibility index (Phi) is 7.11. The van der Waals surface area contributed by atoms with Gasteiger partial charge >= 0.3 is 5.97 Å². The van der Waals surface area contributed by atoms with Gasteiger partial charge in [0.15, 0.2) is 6.61 Å². The number of amides is 1. The summed E-state index contributed by atoms with van der Waals surface area (Å²) in [6.07, 6.45) is 0. The Morgan fingerprint density at radius 3 is 2.37 bits per heavy atom. The molecule has 0 saturated carbocycles. The van der Waals surface area contributed by atoms with Crippen molar-refractivity contribution in [2.24, 2.45) is 0 Å². The fraction of sp³-hybridized carbons (Fsp3) is 0.286. The molecule has 6 heteroatoms. The van der Waals surface area contributed by atoms with Gasteiger partial charge in [-0.2, -0.15) is 0 Å². The number of hydrogen-bond donors (Lipinski definition) is 1. The van der Waals surface area contributed by atoms with E-state index in [1.807, 2.05) is 32.9 Å². The van der Waals surface area contributed by atoms with Crippen molar-refractivity contribution in [3.8, 4) is 5.75 Å². The Hall–Kier alpha value is -3.15. The SMILES string of the molecule is CCOc1ccc(C(=O)NCC(=O)OCC(=O)c2cc(C)ccc2C)cc1. The average molecular weight is 369 g/mol. The summed E-state index contributed by atoms with van der Waals surface area (Å²) in [7, 11) is 0. The predicted octanol–water partition coefficient (Wildman–Crippen LogP) is 2.86. The van der Waals surface area contributed by atoms with Crippen LogP contribution >= 0.6 is 0 Å². The second kappa shape index (κ2) is 9.52. The topological polar surface area (TPSA) is 81.7 Å². The molecule has 1 amide bonds. The molecule has 0 aliphatic carbocycles. The second-order valence-electron chi connectivity index (χ2n) is 6.04. The average Bonchev–Trinajstić information content (AvgIpc) is 2.67. The highest BCUT2D eigenvalue weighted by atomic mass is 16.5. The number of nitrogens with one attached hydrogen (secondary N) is 1. The van der Waals surface area contributed by atoms with Crippen LogP contribution in [0.2, 0.25) is 0 Å². The van der Waals surface area contributed by atoms with Crippen LogP contribution in [0, 0.1) is 13.8 Å². The van der Waals surface area contributed by atoms with Crippen molar-refractivity contribution in [2.75, 3.05) is 19.8 Å². The van der Waals surface area contributed by atoms with Crippen LogP contribution in [-0.4, -0.2) is 37.4 Å². The Morgan fingerprint density at radius 2 is 1.70 bits per heavy atom. The third-order valence-corrected chi connectivity index (χ3v) is 3.88. The standard InChI is InChI=1S/C21H23NO5/c1-4-26-17-9-7-16(8-10-17)21(25)22-12-20(24)27-13-19(23)18-11-14(2)5-6-15(18)3/h5-11H,4,12-13H2,1-3H3,(H,22,25). The Bertz CT molecular complexity index is 827. The molecule has 0 aromatic heterocycles. The lowest BCUT2D eigenvalue weighted by atomic mass is 10.0. The number of esters is 1. The summed E-state index contributed by atoms with van der Waals surface area (Å²) in [4.78, 5) is 36.0. The quantitative estimate of drug-likeness (QED) is 0.572. The lowest BCUT2D eigenvalue weighted by Crippen LogP contribution is -2.31. The molecule has 2 rings (SSSR count). The first-order chi connectivity index (χ1) is 12.9. The van der Waals surface area contributed by atoms with Gasteiger partial charge in [-0.15, -0.1) is 0 Å². The van der Waals surface area contributed by atoms with Gasteiger partial charge in [0.05, 0.1) is 6.61 Å². The summed E-state index contributed by atoms with van der Waals surface area (Å²) in [6.45, 7) is 5.45. The Labute approximate surface area is 158 Å². The largest absolute Gasteiger partial charge is 0.494 e. The molecule has 0 aliphatic rings. The molecule has 0 saturated heterocycles. The number of benzene rings is 2. The third kappa shape index (κ3) is 5.95. The number of ketones is 1. The van der Waals surface area contributed by atoms with Gasteiger partial charge in [0.1, 0.15) is 12.3 Å². The van der Waals surface area contributed by atoms with Crippen molar-refractivity contribution in [3.05, 3.63) is 64.7 Å². The van der Waals surface area contributed by atoms with Gasteiger partial charge in [-0.3, -0.25) is 14.4 Å². The summed E-state index contributed by atoms with van der Waals surface area (Å²) in [6, 6.07) is 12.1. The number of rotatable bonds is 8. The summed E-state index contributed by atoms with van der Waals surface area (Å²) in [5.74, 6) is -0.690. The van der Waals surface area contributed by atoms with E-state index in [1.165, 1.54) is 0 Å². The molecule has 2 aromatic rings. The minimum atomic E-state index is -0.673. The normalized spacial score (nSPS) is 10.2. The van der Waals surface area contributed by atoms with E-state index in [-0.39, 0.29) is 18.9 Å². The Balaban J connectivity index is 1.81. The van der Waals surface area contributed by atoms with E-state index in [0.717, 1.165) is 11.1 Å². The fourth-order valence-electron chi connectivity index (χ4n) is 2.43. The van der Waals surface area contributed by atoms with Crippen LogP contribution in [0.5, 0.6) is 5.75 Å². The zero-order valence-electron chi connectivity index (χ0n) is 15.7. The molecule has 1 N–H and O–H groups in total. The van der Waals surface area contributed by atoms with Gasteiger partial charge in [0, 0.05) is 11.1 Å². The van der Waals surface area contributed by atoms with Gasteiger partial charge < -0.3 is 14.8 Å². The molecular weight excluding hydrogens is 346 g/mol. The van der Waals surface area contributed by atoms with Crippen LogP contribution in [0.4, 0.5) is 0 Å². The monoisotopic (exact) mass is 369 g/mol. The van der Waals surface area contributed by atoms with E-state index < -0.39 is 11.9 Å². The van der Waals surface area contributed by atoms with Gasteiger partial charge in [0.2, 0.25) is 5.78 Å². The highest BCUT2D eigenvalue weighted by molar-refractivity contribution is 6.00. The molecule has 0 fully saturated rings. The first kappa shape index (κ1) is 20.2. The van der Waals surface area contributed by atoms with Crippen LogP contribution < -0.4 is 10.1 Å². The molecule has 0 radical (unpaired) electrons. The first-order valence-electron chi connectivity index (χ1n) is 8.68. The van der Waals surface area contributed by atoms with Crippen LogP contribution in [0.1, 0.15) is 38.8 Å². The Morgan fingerprint density at radius 1 is 1.00 bits per heavy atom. The summed E-state index contributed by atoms with van der Waals surface area (Å²) in [5.41, 5.74) is 2.71. The maximum absolute atomic E-state index is 12.2. The van der Waals surface area contributed by atoms with Gasteiger partial charge in [-0.1, -0.05) is 17.7 Å². The molecule has 27 heavy (non-hydrogen) atoms. The molecule has 0 bridgehead atoms. The molecule has 2 aromatic carbocycles. The van der Waals surface area contributed by atoms with Crippen LogP contribution in [0.25, 0.3) is 0 Å². The highest BCUT2D eigenvalue weighted by Gasteiger charge is 2.14. The van der Waals surface area contributed by atoms with E-state index in [4.69, 9.17) is 9.47 Å². The minimum absolute atomic E-state index is 0.276. The maximum atomic E-state index is 12.2. The number of ether oxygens (including phenoxy) is 2. The number of hydrogen-bond acceptors (Lipinski definition) is 5. The summed E-state index contributed by atoms with van der Waals surface area (Å²) < 4.78 is 10.3. The zero-order chi connectivity index (χ0) is 19.8. The van der Waals surface area contributed by atoms with Crippen molar-refractivity contribution in [1.82, 2.24) is 5.32 Å². The molecule has 6 nitrogen and oxygen atoms in total. The molecule has 0 atom stereocenters. The van der Waals surface area contributed by atoms with Crippen LogP contribution in [0.15, 0.2) is 42.5 Å². The lowest BCUT2D eigenvalue weighted by molar-refractivity contribution is -0.141.